The van der Waals surface area contributed by atoms with Crippen LogP contribution in [0.1, 0.15) is 43.7 Å². The molecule has 0 saturated carbocycles. The number of anilines is 1. The number of carbonyl (C=O) groups is 2. The number of Topliss-reactive ketones (excluding diaryl/α,β-unsaturated/α-hetero) is 1. The van der Waals surface area contributed by atoms with E-state index >= 15 is 0 Å². The molecule has 1 aromatic heterocycles. The quantitative estimate of drug-likeness (QED) is 0.291. The highest BCUT2D eigenvalue weighted by Gasteiger charge is 2.49. The van der Waals surface area contributed by atoms with Crippen molar-refractivity contribution in [2.24, 2.45) is 0 Å². The minimum atomic E-state index is -1.06. The maximum Gasteiger partial charge on any atom is 0.301 e. The molecule has 0 bridgehead atoms. The van der Waals surface area contributed by atoms with Crippen LogP contribution >= 0.6 is 11.6 Å². The van der Waals surface area contributed by atoms with E-state index in [0.717, 1.165) is 0 Å². The molecule has 1 fully saturated rings. The minimum absolute atomic E-state index is 0.121. The van der Waals surface area contributed by atoms with Gasteiger partial charge in [0.25, 0.3) is 5.78 Å². The number of aliphatic hydroxyl groups excluding tert-OH is 1. The largest absolute Gasteiger partial charge is 0.507 e. The molecule has 1 atom stereocenters. The predicted molar refractivity (Wildman–Crippen MR) is 131 cm³/mol. The predicted octanol–water partition coefficient (Wildman–Crippen LogP) is 5.27. The molecule has 1 aliphatic heterocycles. The maximum absolute atomic E-state index is 13.4. The van der Waals surface area contributed by atoms with E-state index in [-0.39, 0.29) is 22.6 Å². The van der Waals surface area contributed by atoms with Crippen LogP contribution in [0.25, 0.3) is 5.76 Å². The van der Waals surface area contributed by atoms with Gasteiger partial charge in [-0.15, -0.1) is 0 Å². The molecule has 182 valence electrons. The molecule has 0 unspecified atom stereocenters. The fraction of sp³-hybridized carbons (Fsp3) is 0.269. The topological polar surface area (TPSA) is 102 Å². The first-order valence-electron chi connectivity index (χ1n) is 10.8. The summed E-state index contributed by atoms with van der Waals surface area (Å²) in [5.74, 6) is -0.531. The van der Waals surface area contributed by atoms with E-state index in [1.807, 2.05) is 20.8 Å². The number of ether oxygens (including phenoxy) is 2. The maximum atomic E-state index is 13.4. The van der Waals surface area contributed by atoms with E-state index in [0.29, 0.717) is 33.4 Å². The SMILES string of the molecule is COc1ccc(OC)c([C@H]2C(=C(O)c3ccc(Cl)cc3)C(=O)C(=O)N2c2cc(C(C)(C)C)on2)c1. The number of benzene rings is 2. The van der Waals surface area contributed by atoms with Gasteiger partial charge in [-0.2, -0.15) is 0 Å². The zero-order valence-electron chi connectivity index (χ0n) is 20.0. The molecule has 0 radical (unpaired) electrons. The van der Waals surface area contributed by atoms with Crippen LogP contribution in [0.5, 0.6) is 11.5 Å². The number of rotatable bonds is 5. The van der Waals surface area contributed by atoms with Gasteiger partial charge in [0, 0.05) is 27.6 Å². The van der Waals surface area contributed by atoms with Gasteiger partial charge in [0.05, 0.1) is 19.8 Å². The number of ketones is 1. The molecule has 4 rings (SSSR count). The second kappa shape index (κ2) is 9.11. The Morgan fingerprint density at radius 2 is 1.74 bits per heavy atom. The van der Waals surface area contributed by atoms with E-state index in [4.69, 9.17) is 25.6 Å². The highest BCUT2D eigenvalue weighted by Crippen LogP contribution is 2.46. The first-order valence-corrected chi connectivity index (χ1v) is 11.2. The molecule has 9 heteroatoms. The third-order valence-corrected chi connectivity index (χ3v) is 6.03. The number of methoxy groups -OCH3 is 2. The summed E-state index contributed by atoms with van der Waals surface area (Å²) in [4.78, 5) is 27.9. The minimum Gasteiger partial charge on any atom is -0.507 e. The Morgan fingerprint density at radius 3 is 2.31 bits per heavy atom. The molecule has 1 saturated heterocycles. The van der Waals surface area contributed by atoms with Crippen molar-refractivity contribution in [3.63, 3.8) is 0 Å². The Hall–Kier alpha value is -3.78. The Kier molecular flexibility index (Phi) is 6.34. The lowest BCUT2D eigenvalue weighted by Crippen LogP contribution is -2.30. The fourth-order valence-electron chi connectivity index (χ4n) is 3.91. The lowest BCUT2D eigenvalue weighted by molar-refractivity contribution is -0.132. The average molecular weight is 497 g/mol. The molecule has 0 aliphatic carbocycles. The smallest absolute Gasteiger partial charge is 0.301 e. The third kappa shape index (κ3) is 4.37. The normalized spacial score (nSPS) is 17.7. The number of aliphatic hydroxyl groups is 1. The molecule has 1 aliphatic rings. The van der Waals surface area contributed by atoms with Gasteiger partial charge < -0.3 is 19.1 Å². The number of carbonyl (C=O) groups excluding carboxylic acids is 2. The third-order valence-electron chi connectivity index (χ3n) is 5.78. The van der Waals surface area contributed by atoms with Crippen molar-refractivity contribution in [3.8, 4) is 11.5 Å². The van der Waals surface area contributed by atoms with Gasteiger partial charge in [-0.3, -0.25) is 14.5 Å². The number of aromatic nitrogens is 1. The second-order valence-electron chi connectivity index (χ2n) is 9.08. The van der Waals surface area contributed by atoms with Crippen LogP contribution in [0.15, 0.2) is 58.6 Å². The lowest BCUT2D eigenvalue weighted by atomic mass is 9.93. The first-order chi connectivity index (χ1) is 16.6. The van der Waals surface area contributed by atoms with Crippen LogP contribution in [0.3, 0.4) is 0 Å². The molecule has 2 aromatic carbocycles. The average Bonchev–Trinajstić information content (AvgIpc) is 3.42. The van der Waals surface area contributed by atoms with Gasteiger partial charge in [-0.25, -0.2) is 0 Å². The van der Waals surface area contributed by atoms with Crippen molar-refractivity contribution in [1.29, 1.82) is 0 Å². The fourth-order valence-corrected chi connectivity index (χ4v) is 4.04. The zero-order valence-corrected chi connectivity index (χ0v) is 20.7. The molecule has 1 amide bonds. The Balaban J connectivity index is 1.99. The zero-order chi connectivity index (χ0) is 25.5. The standard InChI is InChI=1S/C26H25ClN2O6/c1-26(2,3)19-13-20(28-35-19)29-22(17-12-16(33-4)10-11-18(17)34-5)21(24(31)25(29)32)23(30)14-6-8-15(27)9-7-14/h6-13,22,30H,1-5H3/t22-/m0/s1. The van der Waals surface area contributed by atoms with Crippen molar-refractivity contribution in [2.45, 2.75) is 32.2 Å². The summed E-state index contributed by atoms with van der Waals surface area (Å²) in [5, 5.41) is 15.8. The number of hydrogen-bond acceptors (Lipinski definition) is 7. The second-order valence-corrected chi connectivity index (χ2v) is 9.52. The van der Waals surface area contributed by atoms with Crippen LogP contribution in [-0.2, 0) is 15.0 Å². The number of nitrogens with zero attached hydrogens (tertiary/aromatic N) is 2. The Labute approximate surface area is 207 Å². The van der Waals surface area contributed by atoms with Gasteiger partial charge in [0.2, 0.25) is 0 Å². The monoisotopic (exact) mass is 496 g/mol. The number of hydrogen-bond donors (Lipinski definition) is 1. The van der Waals surface area contributed by atoms with E-state index in [1.165, 1.54) is 19.1 Å². The van der Waals surface area contributed by atoms with Gasteiger partial charge in [-0.05, 0) is 42.5 Å². The molecule has 1 N–H and O–H groups in total. The van der Waals surface area contributed by atoms with Gasteiger partial charge >= 0.3 is 5.91 Å². The van der Waals surface area contributed by atoms with Crippen LogP contribution in [-0.4, -0.2) is 36.2 Å². The molecular formula is C26H25ClN2O6. The van der Waals surface area contributed by atoms with E-state index in [9.17, 15) is 14.7 Å². The van der Waals surface area contributed by atoms with Crippen LogP contribution < -0.4 is 14.4 Å². The van der Waals surface area contributed by atoms with E-state index in [1.54, 1.807) is 48.5 Å². The summed E-state index contributed by atoms with van der Waals surface area (Å²) in [6.45, 7) is 5.82. The van der Waals surface area contributed by atoms with Crippen molar-refractivity contribution in [1.82, 2.24) is 5.16 Å². The molecule has 3 aromatic rings. The van der Waals surface area contributed by atoms with E-state index < -0.39 is 17.7 Å². The Morgan fingerprint density at radius 1 is 1.06 bits per heavy atom. The van der Waals surface area contributed by atoms with Crippen LogP contribution in [0.2, 0.25) is 5.02 Å². The summed E-state index contributed by atoms with van der Waals surface area (Å²) in [6.07, 6.45) is 0. The molecule has 2 heterocycles. The molecule has 8 nitrogen and oxygen atoms in total. The Bertz CT molecular complexity index is 1320. The number of amides is 1. The lowest BCUT2D eigenvalue weighted by Gasteiger charge is -2.25. The summed E-state index contributed by atoms with van der Waals surface area (Å²) in [6, 6.07) is 11.9. The summed E-state index contributed by atoms with van der Waals surface area (Å²) in [7, 11) is 2.98. The summed E-state index contributed by atoms with van der Waals surface area (Å²) >= 11 is 5.99. The van der Waals surface area contributed by atoms with Gasteiger partial charge in [0.15, 0.2) is 5.82 Å². The molecule has 0 spiro atoms. The highest BCUT2D eigenvalue weighted by atomic mass is 35.5. The number of halogens is 1. The van der Waals surface area contributed by atoms with Crippen molar-refractivity contribution < 1.29 is 28.7 Å². The van der Waals surface area contributed by atoms with Crippen molar-refractivity contribution in [2.75, 3.05) is 19.1 Å². The molecule has 35 heavy (non-hydrogen) atoms. The van der Waals surface area contributed by atoms with Crippen LogP contribution in [0, 0.1) is 0 Å². The van der Waals surface area contributed by atoms with E-state index in [2.05, 4.69) is 5.16 Å². The van der Waals surface area contributed by atoms with Gasteiger partial charge in [-0.1, -0.05) is 37.5 Å². The first kappa shape index (κ1) is 24.3. The summed E-state index contributed by atoms with van der Waals surface area (Å²) < 4.78 is 16.4. The highest BCUT2D eigenvalue weighted by molar-refractivity contribution is 6.51. The molecular weight excluding hydrogens is 472 g/mol. The van der Waals surface area contributed by atoms with Crippen molar-refractivity contribution in [3.05, 3.63) is 76.0 Å². The van der Waals surface area contributed by atoms with Gasteiger partial charge in [0.1, 0.15) is 29.1 Å². The summed E-state index contributed by atoms with van der Waals surface area (Å²) in [5.41, 5.74) is 0.256. The van der Waals surface area contributed by atoms with Crippen molar-refractivity contribution >= 4 is 34.9 Å². The van der Waals surface area contributed by atoms with Crippen LogP contribution in [0.4, 0.5) is 5.82 Å².